The number of hydrogen-bond acceptors (Lipinski definition) is 6. The number of amides is 3. The van der Waals surface area contributed by atoms with Crippen LogP contribution >= 0.6 is 11.6 Å². The predicted molar refractivity (Wildman–Crippen MR) is 148 cm³/mol. The molecule has 0 radical (unpaired) electrons. The Bertz CT molecular complexity index is 1280. The van der Waals surface area contributed by atoms with Crippen LogP contribution in [-0.4, -0.2) is 37.1 Å². The van der Waals surface area contributed by atoms with Crippen molar-refractivity contribution in [1.82, 2.24) is 5.43 Å². The zero-order valence-corrected chi connectivity index (χ0v) is 21.9. The molecule has 0 saturated heterocycles. The van der Waals surface area contributed by atoms with Crippen molar-refractivity contribution < 1.29 is 23.9 Å². The largest absolute Gasteiger partial charge is 0.494 e. The summed E-state index contributed by atoms with van der Waals surface area (Å²) >= 11 is 5.97. The van der Waals surface area contributed by atoms with Gasteiger partial charge in [-0.25, -0.2) is 5.43 Å². The zero-order valence-electron chi connectivity index (χ0n) is 21.1. The van der Waals surface area contributed by atoms with Crippen molar-refractivity contribution in [2.45, 2.75) is 26.7 Å². The third-order valence-corrected chi connectivity index (χ3v) is 5.42. The van der Waals surface area contributed by atoms with Crippen LogP contribution in [0.4, 0.5) is 11.4 Å². The van der Waals surface area contributed by atoms with Gasteiger partial charge in [-0.2, -0.15) is 5.10 Å². The summed E-state index contributed by atoms with van der Waals surface area (Å²) in [6, 6.07) is 18.7. The summed E-state index contributed by atoms with van der Waals surface area (Å²) in [4.78, 5) is 36.3. The SMILES string of the molecule is CCCCOc1ccc(NC(=O)C(=O)N/N=C\c2ccc(OCC(=O)Nc3cc(Cl)ccc3C)cc2)cc1. The molecule has 9 nitrogen and oxygen atoms in total. The van der Waals surface area contributed by atoms with Gasteiger partial charge < -0.3 is 20.1 Å². The lowest BCUT2D eigenvalue weighted by Gasteiger charge is -2.10. The van der Waals surface area contributed by atoms with Gasteiger partial charge in [0.2, 0.25) is 0 Å². The van der Waals surface area contributed by atoms with E-state index in [2.05, 4.69) is 28.1 Å². The molecule has 38 heavy (non-hydrogen) atoms. The Labute approximate surface area is 226 Å². The Hall–Kier alpha value is -4.37. The minimum Gasteiger partial charge on any atom is -0.494 e. The van der Waals surface area contributed by atoms with Gasteiger partial charge in [0.1, 0.15) is 11.5 Å². The molecule has 0 aromatic heterocycles. The zero-order chi connectivity index (χ0) is 27.3. The van der Waals surface area contributed by atoms with E-state index in [0.29, 0.717) is 40.1 Å². The fourth-order valence-corrected chi connectivity index (χ4v) is 3.26. The van der Waals surface area contributed by atoms with E-state index in [1.54, 1.807) is 60.7 Å². The summed E-state index contributed by atoms with van der Waals surface area (Å²) in [5, 5.41) is 9.59. The molecule has 0 atom stereocenters. The summed E-state index contributed by atoms with van der Waals surface area (Å²) in [5.41, 5.74) is 4.80. The molecule has 0 unspecified atom stereocenters. The van der Waals surface area contributed by atoms with Crippen LogP contribution in [0, 0.1) is 6.92 Å². The number of hydrogen-bond donors (Lipinski definition) is 3. The fraction of sp³-hybridized carbons (Fsp3) is 0.214. The van der Waals surface area contributed by atoms with Gasteiger partial charge in [0.15, 0.2) is 6.61 Å². The van der Waals surface area contributed by atoms with E-state index in [4.69, 9.17) is 21.1 Å². The Morgan fingerprint density at radius 3 is 2.29 bits per heavy atom. The lowest BCUT2D eigenvalue weighted by atomic mass is 10.2. The average Bonchev–Trinajstić information content (AvgIpc) is 2.91. The molecule has 3 aromatic rings. The van der Waals surface area contributed by atoms with E-state index in [1.165, 1.54) is 6.21 Å². The number of unbranched alkanes of at least 4 members (excludes halogenated alkanes) is 1. The standard InChI is InChI=1S/C28H29ClN4O5/c1-3-4-15-37-23-13-9-22(10-14-23)31-27(35)28(36)33-30-17-20-6-11-24(12-7-20)38-18-26(34)32-25-16-21(29)8-5-19(25)2/h5-14,16-17H,3-4,15,18H2,1-2H3,(H,31,35)(H,32,34)(H,33,36)/b30-17-. The highest BCUT2D eigenvalue weighted by Gasteiger charge is 2.13. The van der Waals surface area contributed by atoms with Crippen LogP contribution in [0.15, 0.2) is 71.8 Å². The van der Waals surface area contributed by atoms with E-state index in [9.17, 15) is 14.4 Å². The molecular formula is C28H29ClN4O5. The molecule has 0 spiro atoms. The highest BCUT2D eigenvalue weighted by Crippen LogP contribution is 2.20. The van der Waals surface area contributed by atoms with E-state index in [1.807, 2.05) is 13.0 Å². The summed E-state index contributed by atoms with van der Waals surface area (Å²) in [6.07, 6.45) is 3.38. The number of carbonyl (C=O) groups is 3. The first kappa shape index (κ1) is 28.2. The Kier molecular flexibility index (Phi) is 10.7. The van der Waals surface area contributed by atoms with Gasteiger partial charge >= 0.3 is 11.8 Å². The number of nitrogens with one attached hydrogen (secondary N) is 3. The van der Waals surface area contributed by atoms with Crippen LogP contribution < -0.4 is 25.5 Å². The molecule has 198 valence electrons. The van der Waals surface area contributed by atoms with Gasteiger partial charge in [-0.15, -0.1) is 0 Å². The second-order valence-corrected chi connectivity index (χ2v) is 8.68. The van der Waals surface area contributed by atoms with Crippen LogP contribution in [-0.2, 0) is 14.4 Å². The number of hydrazone groups is 1. The number of anilines is 2. The molecule has 3 rings (SSSR count). The molecular weight excluding hydrogens is 508 g/mol. The first-order chi connectivity index (χ1) is 18.3. The topological polar surface area (TPSA) is 118 Å². The van der Waals surface area contributed by atoms with Crippen molar-refractivity contribution in [3.63, 3.8) is 0 Å². The van der Waals surface area contributed by atoms with E-state index in [-0.39, 0.29) is 12.5 Å². The van der Waals surface area contributed by atoms with Crippen molar-refractivity contribution >= 4 is 46.9 Å². The highest BCUT2D eigenvalue weighted by molar-refractivity contribution is 6.39. The number of rotatable bonds is 11. The number of nitrogens with zero attached hydrogens (tertiary/aromatic N) is 1. The molecule has 3 aromatic carbocycles. The first-order valence-electron chi connectivity index (χ1n) is 12.0. The van der Waals surface area contributed by atoms with Crippen LogP contribution in [0.5, 0.6) is 11.5 Å². The van der Waals surface area contributed by atoms with Crippen molar-refractivity contribution in [3.05, 3.63) is 82.9 Å². The number of aryl methyl sites for hydroxylation is 1. The molecule has 0 aliphatic heterocycles. The van der Waals surface area contributed by atoms with Crippen LogP contribution in [0.1, 0.15) is 30.9 Å². The number of carbonyl (C=O) groups excluding carboxylic acids is 3. The molecule has 3 amide bonds. The fourth-order valence-electron chi connectivity index (χ4n) is 3.09. The van der Waals surface area contributed by atoms with Gasteiger partial charge in [0, 0.05) is 16.4 Å². The van der Waals surface area contributed by atoms with E-state index < -0.39 is 11.8 Å². The molecule has 0 aliphatic carbocycles. The molecule has 0 bridgehead atoms. The maximum atomic E-state index is 12.2. The van der Waals surface area contributed by atoms with Crippen molar-refractivity contribution in [2.75, 3.05) is 23.8 Å². The maximum absolute atomic E-state index is 12.2. The number of ether oxygens (including phenoxy) is 2. The normalized spacial score (nSPS) is 10.6. The summed E-state index contributed by atoms with van der Waals surface area (Å²) in [6.45, 7) is 4.39. The second kappa shape index (κ2) is 14.4. The van der Waals surface area contributed by atoms with Gasteiger partial charge in [0.05, 0.1) is 12.8 Å². The van der Waals surface area contributed by atoms with Crippen molar-refractivity contribution in [1.29, 1.82) is 0 Å². The van der Waals surface area contributed by atoms with E-state index >= 15 is 0 Å². The minimum atomic E-state index is -0.912. The molecule has 10 heteroatoms. The first-order valence-corrected chi connectivity index (χ1v) is 12.4. The maximum Gasteiger partial charge on any atom is 0.329 e. The average molecular weight is 537 g/mol. The number of halogens is 1. The Morgan fingerprint density at radius 1 is 0.895 bits per heavy atom. The molecule has 0 saturated carbocycles. The molecule has 0 heterocycles. The summed E-state index contributed by atoms with van der Waals surface area (Å²) < 4.78 is 11.1. The Morgan fingerprint density at radius 2 is 1.58 bits per heavy atom. The summed E-state index contributed by atoms with van der Waals surface area (Å²) in [5.74, 6) is -0.913. The Balaban J connectivity index is 1.41. The summed E-state index contributed by atoms with van der Waals surface area (Å²) in [7, 11) is 0. The van der Waals surface area contributed by atoms with E-state index in [0.717, 1.165) is 18.4 Å². The third kappa shape index (κ3) is 9.25. The lowest BCUT2D eigenvalue weighted by Crippen LogP contribution is -2.32. The quantitative estimate of drug-likeness (QED) is 0.139. The smallest absolute Gasteiger partial charge is 0.329 e. The molecule has 0 aliphatic rings. The van der Waals surface area contributed by atoms with Gasteiger partial charge in [0.25, 0.3) is 5.91 Å². The molecule has 3 N–H and O–H groups in total. The monoisotopic (exact) mass is 536 g/mol. The van der Waals surface area contributed by atoms with Crippen LogP contribution in [0.3, 0.4) is 0 Å². The van der Waals surface area contributed by atoms with Gasteiger partial charge in [-0.3, -0.25) is 14.4 Å². The molecule has 0 fully saturated rings. The van der Waals surface area contributed by atoms with Gasteiger partial charge in [-0.05, 0) is 85.1 Å². The predicted octanol–water partition coefficient (Wildman–Crippen LogP) is 4.93. The van der Waals surface area contributed by atoms with Crippen molar-refractivity contribution in [3.8, 4) is 11.5 Å². The lowest BCUT2D eigenvalue weighted by molar-refractivity contribution is -0.136. The third-order valence-electron chi connectivity index (χ3n) is 5.19. The minimum absolute atomic E-state index is 0.181. The van der Waals surface area contributed by atoms with Crippen molar-refractivity contribution in [2.24, 2.45) is 5.10 Å². The highest BCUT2D eigenvalue weighted by atomic mass is 35.5. The van der Waals surface area contributed by atoms with Crippen LogP contribution in [0.25, 0.3) is 0 Å². The van der Waals surface area contributed by atoms with Gasteiger partial charge in [-0.1, -0.05) is 31.0 Å². The number of benzene rings is 3. The second-order valence-electron chi connectivity index (χ2n) is 8.24. The van der Waals surface area contributed by atoms with Crippen LogP contribution in [0.2, 0.25) is 5.02 Å².